The Kier molecular flexibility index (Phi) is 8.00. The molecule has 192 valence electrons. The number of hydrogen-bond acceptors (Lipinski definition) is 6. The molecule has 2 aromatic rings. The number of halogens is 2. The summed E-state index contributed by atoms with van der Waals surface area (Å²) in [7, 11) is -3.18. The van der Waals surface area contributed by atoms with Gasteiger partial charge in [-0.05, 0) is 75.8 Å². The van der Waals surface area contributed by atoms with Crippen molar-refractivity contribution in [1.82, 2.24) is 14.5 Å². The van der Waals surface area contributed by atoms with Crippen molar-refractivity contribution in [3.63, 3.8) is 0 Å². The molecular formula is C24H31F2N3O5S. The molecule has 2 atom stereocenters. The number of carbonyl (C=O) groups excluding carboxylic acids is 1. The Hall–Kier alpha value is -2.79. The maximum absolute atomic E-state index is 14.0. The molecule has 1 aromatic carbocycles. The average Bonchev–Trinajstić information content (AvgIpc) is 3.31. The van der Waals surface area contributed by atoms with Gasteiger partial charge in [-0.25, -0.2) is 22.0 Å². The van der Waals surface area contributed by atoms with Gasteiger partial charge in [-0.1, -0.05) is 6.58 Å². The normalized spacial score (nSPS) is 20.0. The Morgan fingerprint density at radius 3 is 2.63 bits per heavy atom. The number of hydrogen-bond donors (Lipinski definition) is 1. The Labute approximate surface area is 204 Å². The number of nitrogens with zero attached hydrogens (tertiary/aromatic N) is 2. The molecule has 1 aliphatic heterocycles. The molecule has 8 nitrogen and oxygen atoms in total. The molecule has 1 saturated heterocycles. The zero-order valence-electron chi connectivity index (χ0n) is 20.3. The molecular weight excluding hydrogens is 480 g/mol. The van der Waals surface area contributed by atoms with Gasteiger partial charge in [0.1, 0.15) is 23.3 Å². The minimum absolute atomic E-state index is 0.0681. The lowest BCUT2D eigenvalue weighted by molar-refractivity contribution is 0.00328. The number of aromatic nitrogens is 2. The topological polar surface area (TPSA) is 99.5 Å². The van der Waals surface area contributed by atoms with E-state index in [0.717, 1.165) is 64.6 Å². The largest absolute Gasteiger partial charge is 0.444 e. The third-order valence-corrected chi connectivity index (χ3v) is 6.23. The highest BCUT2D eigenvalue weighted by atomic mass is 32.2. The van der Waals surface area contributed by atoms with Crippen molar-refractivity contribution < 1.29 is 31.5 Å². The molecule has 1 aliphatic carbocycles. The molecule has 11 heteroatoms. The SMILES string of the molecule is C=C1CO[C@H](c2cc(F)ccc2F)[C@@H](NC(=O)OC(C)(C)C)C1.CS(=O)(=O)n1cc2c(n1)CCC2. The van der Waals surface area contributed by atoms with Crippen LogP contribution in [0.25, 0.3) is 0 Å². The van der Waals surface area contributed by atoms with E-state index in [-0.39, 0.29) is 12.2 Å². The maximum atomic E-state index is 14.0. The summed E-state index contributed by atoms with van der Waals surface area (Å²) in [6.45, 7) is 9.29. The summed E-state index contributed by atoms with van der Waals surface area (Å²) in [5.41, 5.74) is 2.20. The Morgan fingerprint density at radius 1 is 1.29 bits per heavy atom. The zero-order chi connectivity index (χ0) is 26.0. The third-order valence-electron chi connectivity index (χ3n) is 5.36. The van der Waals surface area contributed by atoms with Gasteiger partial charge >= 0.3 is 6.09 Å². The lowest BCUT2D eigenvalue weighted by atomic mass is 9.93. The fourth-order valence-corrected chi connectivity index (χ4v) is 4.45. The van der Waals surface area contributed by atoms with E-state index >= 15 is 0 Å². The Balaban J connectivity index is 0.000000237. The van der Waals surface area contributed by atoms with Crippen LogP contribution in [0.4, 0.5) is 13.6 Å². The maximum Gasteiger partial charge on any atom is 0.407 e. The summed E-state index contributed by atoms with van der Waals surface area (Å²) in [5, 5.41) is 6.66. The van der Waals surface area contributed by atoms with Gasteiger partial charge in [0.15, 0.2) is 0 Å². The highest BCUT2D eigenvalue weighted by molar-refractivity contribution is 7.89. The number of carbonyl (C=O) groups is 1. The van der Waals surface area contributed by atoms with Crippen LogP contribution in [0.2, 0.25) is 0 Å². The van der Waals surface area contributed by atoms with Crippen LogP contribution in [0.15, 0.2) is 36.5 Å². The molecule has 2 aliphatic rings. The van der Waals surface area contributed by atoms with Crippen molar-refractivity contribution in [2.24, 2.45) is 0 Å². The van der Waals surface area contributed by atoms with E-state index in [2.05, 4.69) is 17.0 Å². The molecule has 0 saturated carbocycles. The summed E-state index contributed by atoms with van der Waals surface area (Å²) < 4.78 is 61.4. The highest BCUT2D eigenvalue weighted by Gasteiger charge is 2.33. The summed E-state index contributed by atoms with van der Waals surface area (Å²) in [4.78, 5) is 12.0. The minimum Gasteiger partial charge on any atom is -0.444 e. The fourth-order valence-electron chi connectivity index (χ4n) is 3.88. The van der Waals surface area contributed by atoms with Gasteiger partial charge in [0.25, 0.3) is 10.0 Å². The fraction of sp³-hybridized carbons (Fsp3) is 0.500. The second-order valence-corrected chi connectivity index (χ2v) is 11.5. The number of ether oxygens (including phenoxy) is 2. The number of benzene rings is 1. The van der Waals surface area contributed by atoms with E-state index < -0.39 is 45.5 Å². The summed E-state index contributed by atoms with van der Waals surface area (Å²) >= 11 is 0. The first kappa shape index (κ1) is 26.8. The van der Waals surface area contributed by atoms with E-state index in [0.29, 0.717) is 6.42 Å². The minimum atomic E-state index is -3.18. The van der Waals surface area contributed by atoms with Crippen LogP contribution >= 0.6 is 0 Å². The average molecular weight is 512 g/mol. The van der Waals surface area contributed by atoms with Gasteiger partial charge in [-0.15, -0.1) is 0 Å². The number of aryl methyl sites for hydroxylation is 2. The van der Waals surface area contributed by atoms with E-state index in [1.165, 1.54) is 0 Å². The van der Waals surface area contributed by atoms with Crippen molar-refractivity contribution in [3.05, 3.63) is 65.0 Å². The monoisotopic (exact) mass is 511 g/mol. The molecule has 35 heavy (non-hydrogen) atoms. The van der Waals surface area contributed by atoms with Gasteiger partial charge < -0.3 is 14.8 Å². The molecule has 1 amide bonds. The zero-order valence-corrected chi connectivity index (χ0v) is 21.1. The van der Waals surface area contributed by atoms with Gasteiger partial charge in [0, 0.05) is 11.8 Å². The first-order valence-electron chi connectivity index (χ1n) is 11.2. The van der Waals surface area contributed by atoms with Crippen molar-refractivity contribution >= 4 is 16.1 Å². The lowest BCUT2D eigenvalue weighted by Gasteiger charge is -2.34. The summed E-state index contributed by atoms with van der Waals surface area (Å²) in [6, 6.07) is 2.58. The Morgan fingerprint density at radius 2 is 2.00 bits per heavy atom. The number of nitrogens with one attached hydrogen (secondary N) is 1. The molecule has 0 unspecified atom stereocenters. The van der Waals surface area contributed by atoms with Crippen molar-refractivity contribution in [2.75, 3.05) is 12.9 Å². The van der Waals surface area contributed by atoms with E-state index in [1.54, 1.807) is 27.0 Å². The van der Waals surface area contributed by atoms with Crippen molar-refractivity contribution in [2.45, 2.75) is 64.2 Å². The number of fused-ring (bicyclic) bond motifs is 1. The van der Waals surface area contributed by atoms with Crippen molar-refractivity contribution in [3.8, 4) is 0 Å². The second-order valence-electron chi connectivity index (χ2n) is 9.69. The molecule has 1 aromatic heterocycles. The van der Waals surface area contributed by atoms with Crippen LogP contribution < -0.4 is 5.32 Å². The first-order chi connectivity index (χ1) is 16.2. The van der Waals surface area contributed by atoms with Crippen LogP contribution in [-0.2, 0) is 32.3 Å². The lowest BCUT2D eigenvalue weighted by Crippen LogP contribution is -2.45. The van der Waals surface area contributed by atoms with Crippen molar-refractivity contribution in [1.29, 1.82) is 0 Å². The van der Waals surface area contributed by atoms with Gasteiger partial charge in [-0.3, -0.25) is 0 Å². The van der Waals surface area contributed by atoms with E-state index in [1.807, 2.05) is 0 Å². The first-order valence-corrected chi connectivity index (χ1v) is 13.1. The van der Waals surface area contributed by atoms with Gasteiger partial charge in [0.2, 0.25) is 0 Å². The summed E-state index contributed by atoms with van der Waals surface area (Å²) in [6.07, 6.45) is 4.73. The predicted molar refractivity (Wildman–Crippen MR) is 126 cm³/mol. The van der Waals surface area contributed by atoms with Crippen LogP contribution in [-0.4, -0.2) is 48.2 Å². The number of amides is 1. The quantitative estimate of drug-likeness (QED) is 0.624. The van der Waals surface area contributed by atoms with Crippen LogP contribution in [0.1, 0.15) is 56.5 Å². The molecule has 4 rings (SSSR count). The number of alkyl carbamates (subject to hydrolysis) is 1. The molecule has 2 heterocycles. The smallest absolute Gasteiger partial charge is 0.407 e. The third kappa shape index (κ3) is 7.35. The van der Waals surface area contributed by atoms with Crippen LogP contribution in [0.3, 0.4) is 0 Å². The predicted octanol–water partition coefficient (Wildman–Crippen LogP) is 4.06. The van der Waals surface area contributed by atoms with Crippen LogP contribution in [0.5, 0.6) is 0 Å². The van der Waals surface area contributed by atoms with E-state index in [9.17, 15) is 22.0 Å². The standard InChI is InChI=1S/C17H21F2NO3.C7H10N2O2S/c1-10-7-14(20-16(21)23-17(2,3)4)15(22-9-10)12-8-11(18)5-6-13(12)19;1-12(10,11)9-5-6-3-2-4-7(6)8-9/h5-6,8,14-15H,1,7,9H2,2-4H3,(H,20,21);5H,2-4H2,1H3/t14-,15+;/m0./s1. The molecule has 0 bridgehead atoms. The summed E-state index contributed by atoms with van der Waals surface area (Å²) in [5.74, 6) is -1.15. The highest BCUT2D eigenvalue weighted by Crippen LogP contribution is 2.32. The molecule has 0 radical (unpaired) electrons. The van der Waals surface area contributed by atoms with Gasteiger partial charge in [0.05, 0.1) is 24.6 Å². The van der Waals surface area contributed by atoms with Crippen LogP contribution in [0, 0.1) is 11.6 Å². The second kappa shape index (κ2) is 10.4. The molecule has 1 fully saturated rings. The Bertz CT molecular complexity index is 1180. The van der Waals surface area contributed by atoms with E-state index in [4.69, 9.17) is 9.47 Å². The number of rotatable bonds is 3. The molecule has 0 spiro atoms. The van der Waals surface area contributed by atoms with Gasteiger partial charge in [-0.2, -0.15) is 9.19 Å². The molecule has 1 N–H and O–H groups in total.